The molecule has 5 nitrogen and oxygen atoms in total. The Morgan fingerprint density at radius 1 is 1.35 bits per heavy atom. The van der Waals surface area contributed by atoms with Crippen LogP contribution in [-0.2, 0) is 9.47 Å². The maximum absolute atomic E-state index is 11.9. The van der Waals surface area contributed by atoms with Crippen LogP contribution < -0.4 is 0 Å². The van der Waals surface area contributed by atoms with Crippen LogP contribution in [0.2, 0.25) is 0 Å². The molecule has 1 aliphatic heterocycles. The Hall–Kier alpha value is -1.69. The molecular formula is C14H17NO4S. The lowest BCUT2D eigenvalue weighted by Gasteiger charge is -2.22. The zero-order chi connectivity index (χ0) is 14.8. The van der Waals surface area contributed by atoms with Crippen molar-refractivity contribution in [2.24, 2.45) is 0 Å². The molecule has 1 fully saturated rings. The van der Waals surface area contributed by atoms with Gasteiger partial charge in [-0.05, 0) is 32.9 Å². The van der Waals surface area contributed by atoms with E-state index in [1.54, 1.807) is 20.8 Å². The van der Waals surface area contributed by atoms with Crippen LogP contribution in [0, 0.1) is 0 Å². The Morgan fingerprint density at radius 3 is 2.60 bits per heavy atom. The van der Waals surface area contributed by atoms with Crippen molar-refractivity contribution in [2.45, 2.75) is 36.7 Å². The Balaban J connectivity index is 1.95. The van der Waals surface area contributed by atoms with Crippen molar-refractivity contribution < 1.29 is 19.1 Å². The number of amides is 2. The summed E-state index contributed by atoms with van der Waals surface area (Å²) in [6.45, 7) is 5.45. The number of imide groups is 1. The van der Waals surface area contributed by atoms with Gasteiger partial charge in [-0.1, -0.05) is 30.0 Å². The first-order chi connectivity index (χ1) is 9.35. The second-order valence-electron chi connectivity index (χ2n) is 5.34. The third-order valence-corrected chi connectivity index (χ3v) is 3.46. The van der Waals surface area contributed by atoms with Gasteiger partial charge < -0.3 is 9.47 Å². The van der Waals surface area contributed by atoms with Crippen LogP contribution in [0.5, 0.6) is 0 Å². The van der Waals surface area contributed by atoms with Crippen LogP contribution in [0.3, 0.4) is 0 Å². The Bertz CT molecular complexity index is 498. The van der Waals surface area contributed by atoms with Crippen LogP contribution in [-0.4, -0.2) is 34.7 Å². The van der Waals surface area contributed by atoms with Gasteiger partial charge in [0, 0.05) is 4.90 Å². The molecule has 6 heteroatoms. The topological polar surface area (TPSA) is 55.8 Å². The van der Waals surface area contributed by atoms with Crippen molar-refractivity contribution in [3.63, 3.8) is 0 Å². The molecule has 1 aliphatic rings. The van der Waals surface area contributed by atoms with E-state index >= 15 is 0 Å². The fraction of sp³-hybridized carbons (Fsp3) is 0.429. The molecule has 1 heterocycles. The number of cyclic esters (lactones) is 1. The van der Waals surface area contributed by atoms with Gasteiger partial charge in [0.2, 0.25) is 0 Å². The smallest absolute Gasteiger partial charge is 0.420 e. The van der Waals surface area contributed by atoms with Crippen LogP contribution in [0.15, 0.2) is 35.2 Å². The maximum atomic E-state index is 11.9. The zero-order valence-electron chi connectivity index (χ0n) is 11.7. The average molecular weight is 295 g/mol. The van der Waals surface area contributed by atoms with Gasteiger partial charge >= 0.3 is 12.2 Å². The number of ether oxygens (including phenoxy) is 2. The monoisotopic (exact) mass is 295 g/mol. The molecule has 2 amide bonds. The summed E-state index contributed by atoms with van der Waals surface area (Å²) >= 11 is 1.40. The minimum atomic E-state index is -0.668. The minimum Gasteiger partial charge on any atom is -0.443 e. The van der Waals surface area contributed by atoms with Crippen LogP contribution >= 0.6 is 11.8 Å². The molecule has 1 saturated heterocycles. The number of hydrogen-bond acceptors (Lipinski definition) is 5. The SMILES string of the molecule is CC(C)(C)OC(=O)N1CC(Sc2ccccc2)OC1=O. The van der Waals surface area contributed by atoms with Gasteiger partial charge in [0.1, 0.15) is 5.60 Å². The second-order valence-corrected chi connectivity index (χ2v) is 6.57. The second kappa shape index (κ2) is 5.75. The Labute approximate surface area is 122 Å². The minimum absolute atomic E-state index is 0.188. The van der Waals surface area contributed by atoms with Gasteiger partial charge in [-0.2, -0.15) is 0 Å². The van der Waals surface area contributed by atoms with Crippen molar-refractivity contribution in [2.75, 3.05) is 6.54 Å². The molecule has 0 bridgehead atoms. The summed E-state index contributed by atoms with van der Waals surface area (Å²) in [7, 11) is 0. The molecule has 1 aromatic rings. The molecule has 1 aromatic carbocycles. The Morgan fingerprint density at radius 2 is 2.00 bits per heavy atom. The first-order valence-corrected chi connectivity index (χ1v) is 7.16. The first kappa shape index (κ1) is 14.7. The summed E-state index contributed by atoms with van der Waals surface area (Å²) in [4.78, 5) is 25.5. The quantitative estimate of drug-likeness (QED) is 0.836. The number of benzene rings is 1. The molecule has 1 atom stereocenters. The highest BCUT2D eigenvalue weighted by Gasteiger charge is 2.38. The van der Waals surface area contributed by atoms with Gasteiger partial charge in [0.05, 0.1) is 6.54 Å². The fourth-order valence-electron chi connectivity index (χ4n) is 1.62. The molecule has 20 heavy (non-hydrogen) atoms. The Kier molecular flexibility index (Phi) is 4.23. The van der Waals surface area contributed by atoms with Crippen molar-refractivity contribution in [1.82, 2.24) is 4.90 Å². The molecule has 108 valence electrons. The normalized spacial score (nSPS) is 18.9. The van der Waals surface area contributed by atoms with Crippen molar-refractivity contribution in [3.8, 4) is 0 Å². The van der Waals surface area contributed by atoms with Crippen LogP contribution in [0.1, 0.15) is 20.8 Å². The summed E-state index contributed by atoms with van der Waals surface area (Å²) in [5.41, 5.74) is -1.04. The molecule has 0 saturated carbocycles. The predicted molar refractivity (Wildman–Crippen MR) is 75.5 cm³/mol. The number of rotatable bonds is 2. The van der Waals surface area contributed by atoms with E-state index in [9.17, 15) is 9.59 Å². The van der Waals surface area contributed by atoms with Gasteiger partial charge in [0.25, 0.3) is 0 Å². The van der Waals surface area contributed by atoms with Gasteiger partial charge in [0.15, 0.2) is 5.44 Å². The highest BCUT2D eigenvalue weighted by Crippen LogP contribution is 2.29. The van der Waals surface area contributed by atoms with E-state index in [1.807, 2.05) is 30.3 Å². The largest absolute Gasteiger partial charge is 0.443 e. The molecule has 0 N–H and O–H groups in total. The van der Waals surface area contributed by atoms with Gasteiger partial charge in [-0.3, -0.25) is 0 Å². The third kappa shape index (κ3) is 3.90. The number of thioether (sulfide) groups is 1. The highest BCUT2D eigenvalue weighted by atomic mass is 32.2. The summed E-state index contributed by atoms with van der Waals surface area (Å²) in [6.07, 6.45) is -1.33. The molecular weight excluding hydrogens is 278 g/mol. The molecule has 1 unspecified atom stereocenters. The van der Waals surface area contributed by atoms with Gasteiger partial charge in [-0.15, -0.1) is 0 Å². The van der Waals surface area contributed by atoms with Crippen LogP contribution in [0.25, 0.3) is 0 Å². The maximum Gasteiger partial charge on any atom is 0.420 e. The average Bonchev–Trinajstić information content (AvgIpc) is 2.69. The van der Waals surface area contributed by atoms with Gasteiger partial charge in [-0.25, -0.2) is 14.5 Å². The van der Waals surface area contributed by atoms with E-state index in [4.69, 9.17) is 9.47 Å². The highest BCUT2D eigenvalue weighted by molar-refractivity contribution is 7.99. The zero-order valence-corrected chi connectivity index (χ0v) is 12.5. The lowest BCUT2D eigenvalue weighted by molar-refractivity contribution is 0.0339. The fourth-order valence-corrected chi connectivity index (χ4v) is 2.59. The van der Waals surface area contributed by atoms with Crippen molar-refractivity contribution >= 4 is 23.9 Å². The summed E-state index contributed by atoms with van der Waals surface area (Å²) in [5.74, 6) is 0. The predicted octanol–water partition coefficient (Wildman–Crippen LogP) is 3.49. The molecule has 0 spiro atoms. The van der Waals surface area contributed by atoms with E-state index in [-0.39, 0.29) is 6.54 Å². The summed E-state index contributed by atoms with van der Waals surface area (Å²) < 4.78 is 10.3. The molecule has 0 radical (unpaired) electrons. The van der Waals surface area contributed by atoms with E-state index in [0.29, 0.717) is 0 Å². The van der Waals surface area contributed by atoms with E-state index in [2.05, 4.69) is 0 Å². The summed E-state index contributed by atoms with van der Waals surface area (Å²) in [5, 5.41) is 0. The van der Waals surface area contributed by atoms with E-state index in [0.717, 1.165) is 9.80 Å². The van der Waals surface area contributed by atoms with E-state index in [1.165, 1.54) is 11.8 Å². The standard InChI is InChI=1S/C14H17NO4S/c1-14(2,3)19-13(17)15-9-11(18-12(15)16)20-10-7-5-4-6-8-10/h4-8,11H,9H2,1-3H3. The third-order valence-electron chi connectivity index (χ3n) is 2.41. The number of nitrogens with zero attached hydrogens (tertiary/aromatic N) is 1. The molecule has 0 aliphatic carbocycles. The lowest BCUT2D eigenvalue weighted by Crippen LogP contribution is -2.37. The molecule has 0 aromatic heterocycles. The number of hydrogen-bond donors (Lipinski definition) is 0. The lowest BCUT2D eigenvalue weighted by atomic mass is 10.2. The van der Waals surface area contributed by atoms with E-state index < -0.39 is 23.2 Å². The number of carbonyl (C=O) groups is 2. The van der Waals surface area contributed by atoms with Crippen molar-refractivity contribution in [1.29, 1.82) is 0 Å². The van der Waals surface area contributed by atoms with Crippen LogP contribution in [0.4, 0.5) is 9.59 Å². The molecule has 2 rings (SSSR count). The van der Waals surface area contributed by atoms with Crippen molar-refractivity contribution in [3.05, 3.63) is 30.3 Å². The number of carbonyl (C=O) groups excluding carboxylic acids is 2. The first-order valence-electron chi connectivity index (χ1n) is 6.28. The summed E-state index contributed by atoms with van der Waals surface area (Å²) in [6, 6.07) is 9.58.